The normalized spacial score (nSPS) is 11.4. The van der Waals surface area contributed by atoms with E-state index >= 15 is 0 Å². The van der Waals surface area contributed by atoms with Gasteiger partial charge in [-0.15, -0.1) is 0 Å². The second-order valence-corrected chi connectivity index (χ2v) is 3.99. The molecule has 3 nitrogen and oxygen atoms in total. The second-order valence-electron chi connectivity index (χ2n) is 3.99. The van der Waals surface area contributed by atoms with E-state index in [-0.39, 0.29) is 17.9 Å². The number of pyridine rings is 1. The van der Waals surface area contributed by atoms with Crippen molar-refractivity contribution in [1.82, 2.24) is 4.98 Å². The van der Waals surface area contributed by atoms with Gasteiger partial charge in [0.25, 0.3) is 0 Å². The van der Waals surface area contributed by atoms with Crippen molar-refractivity contribution < 1.29 is 9.13 Å². The van der Waals surface area contributed by atoms with E-state index in [1.807, 2.05) is 13.8 Å². The largest absolute Gasteiger partial charge is 0.362 e. The topological polar surface area (TPSA) is 34.1 Å². The molecular weight excluding hydrogens is 194 g/mol. The summed E-state index contributed by atoms with van der Waals surface area (Å²) in [4.78, 5) is 3.81. The van der Waals surface area contributed by atoms with Gasteiger partial charge in [0.2, 0.25) is 0 Å². The molecule has 2 radical (unpaired) electrons. The summed E-state index contributed by atoms with van der Waals surface area (Å²) in [6.45, 7) is 4.30. The van der Waals surface area contributed by atoms with Crippen LogP contribution in [0.5, 0.6) is 0 Å². The van der Waals surface area contributed by atoms with Crippen LogP contribution in [0, 0.1) is 5.82 Å². The monoisotopic (exact) mass is 208 g/mol. The maximum absolute atomic E-state index is 13.0. The van der Waals surface area contributed by atoms with Crippen molar-refractivity contribution in [3.05, 3.63) is 24.1 Å². The summed E-state index contributed by atoms with van der Waals surface area (Å²) in [6, 6.07) is 2.87. The van der Waals surface area contributed by atoms with E-state index in [0.29, 0.717) is 6.61 Å². The van der Waals surface area contributed by atoms with Gasteiger partial charge in [0.15, 0.2) is 11.6 Å². The minimum absolute atomic E-state index is 0.187. The fourth-order valence-corrected chi connectivity index (χ4v) is 0.949. The van der Waals surface area contributed by atoms with Crippen LogP contribution in [0.3, 0.4) is 0 Å². The second kappa shape index (κ2) is 5.12. The Bertz CT molecular complexity index is 315. The van der Waals surface area contributed by atoms with Crippen LogP contribution in [0.2, 0.25) is 5.31 Å². The molecule has 1 heterocycles. The standard InChI is InChI=1S/C10H14BFN2O/c1-10(2,11)6-15-7-14-9-8(12)4-3-5-13-9/h3-5H,6-7H2,1-2H3,(H,13,14). The smallest absolute Gasteiger partial charge is 0.165 e. The Morgan fingerprint density at radius 1 is 1.60 bits per heavy atom. The molecule has 0 aliphatic heterocycles. The molecule has 0 aliphatic rings. The summed E-state index contributed by atoms with van der Waals surface area (Å²) in [5, 5.41) is 2.34. The van der Waals surface area contributed by atoms with Crippen molar-refractivity contribution in [2.24, 2.45) is 0 Å². The van der Waals surface area contributed by atoms with Crippen LogP contribution in [0.25, 0.3) is 0 Å². The molecule has 0 saturated heterocycles. The van der Waals surface area contributed by atoms with Crippen LogP contribution < -0.4 is 5.32 Å². The highest BCUT2D eigenvalue weighted by Crippen LogP contribution is 2.17. The predicted octanol–water partition coefficient (Wildman–Crippen LogP) is 1.97. The molecule has 0 saturated carbocycles. The maximum Gasteiger partial charge on any atom is 0.165 e. The van der Waals surface area contributed by atoms with Crippen molar-refractivity contribution in [2.45, 2.75) is 19.2 Å². The van der Waals surface area contributed by atoms with Gasteiger partial charge in [0.05, 0.1) is 7.85 Å². The molecule has 1 aromatic rings. The molecule has 0 spiro atoms. The van der Waals surface area contributed by atoms with Gasteiger partial charge in [-0.25, -0.2) is 9.37 Å². The van der Waals surface area contributed by atoms with Gasteiger partial charge in [0.1, 0.15) is 6.73 Å². The summed E-state index contributed by atoms with van der Waals surface area (Å²) < 4.78 is 18.3. The number of rotatable bonds is 5. The van der Waals surface area contributed by atoms with Crippen LogP contribution >= 0.6 is 0 Å². The van der Waals surface area contributed by atoms with Crippen LogP contribution in [-0.4, -0.2) is 26.2 Å². The maximum atomic E-state index is 13.0. The summed E-state index contributed by atoms with van der Waals surface area (Å²) in [5.41, 5.74) is 0. The molecule has 15 heavy (non-hydrogen) atoms. The Kier molecular flexibility index (Phi) is 4.09. The van der Waals surface area contributed by atoms with Crippen molar-refractivity contribution >= 4 is 13.7 Å². The molecule has 1 N–H and O–H groups in total. The summed E-state index contributed by atoms with van der Waals surface area (Å²) in [7, 11) is 5.70. The van der Waals surface area contributed by atoms with E-state index in [1.165, 1.54) is 18.3 Å². The quantitative estimate of drug-likeness (QED) is 0.456. The molecule has 0 aromatic carbocycles. The van der Waals surface area contributed by atoms with Crippen LogP contribution in [-0.2, 0) is 4.74 Å². The van der Waals surface area contributed by atoms with Crippen LogP contribution in [0.1, 0.15) is 13.8 Å². The van der Waals surface area contributed by atoms with Gasteiger partial charge in [-0.3, -0.25) is 0 Å². The number of anilines is 1. The van der Waals surface area contributed by atoms with E-state index in [0.717, 1.165) is 0 Å². The predicted molar refractivity (Wildman–Crippen MR) is 58.4 cm³/mol. The minimum Gasteiger partial charge on any atom is -0.362 e. The number of hydrogen-bond acceptors (Lipinski definition) is 3. The fourth-order valence-electron chi connectivity index (χ4n) is 0.949. The van der Waals surface area contributed by atoms with Crippen molar-refractivity contribution in [2.75, 3.05) is 18.7 Å². The Balaban J connectivity index is 2.30. The van der Waals surface area contributed by atoms with E-state index in [4.69, 9.17) is 12.6 Å². The van der Waals surface area contributed by atoms with E-state index < -0.39 is 5.82 Å². The first-order valence-corrected chi connectivity index (χ1v) is 4.70. The number of nitrogens with one attached hydrogen (secondary N) is 1. The van der Waals surface area contributed by atoms with E-state index in [1.54, 1.807) is 0 Å². The molecule has 0 fully saturated rings. The molecule has 1 aromatic heterocycles. The highest BCUT2D eigenvalue weighted by molar-refractivity contribution is 6.14. The number of nitrogens with zero attached hydrogens (tertiary/aromatic N) is 1. The van der Waals surface area contributed by atoms with Crippen LogP contribution in [0.4, 0.5) is 10.2 Å². The summed E-state index contributed by atoms with van der Waals surface area (Å²) >= 11 is 0. The van der Waals surface area contributed by atoms with Gasteiger partial charge in [0, 0.05) is 12.8 Å². The molecular formula is C10H14BFN2O. The number of ether oxygens (including phenoxy) is 1. The zero-order valence-corrected chi connectivity index (χ0v) is 8.96. The first-order chi connectivity index (χ1) is 6.99. The molecule has 0 amide bonds. The van der Waals surface area contributed by atoms with Gasteiger partial charge in [-0.1, -0.05) is 13.8 Å². The third-order valence-electron chi connectivity index (χ3n) is 1.57. The average Bonchev–Trinajstić information content (AvgIpc) is 2.13. The van der Waals surface area contributed by atoms with Crippen molar-refractivity contribution in [3.8, 4) is 0 Å². The average molecular weight is 208 g/mol. The van der Waals surface area contributed by atoms with E-state index in [9.17, 15) is 4.39 Å². The molecule has 0 atom stereocenters. The number of hydrogen-bond donors (Lipinski definition) is 1. The third-order valence-corrected chi connectivity index (χ3v) is 1.57. The highest BCUT2D eigenvalue weighted by Gasteiger charge is 2.09. The Morgan fingerprint density at radius 2 is 2.33 bits per heavy atom. The minimum atomic E-state index is -0.395. The number of halogens is 1. The lowest BCUT2D eigenvalue weighted by Gasteiger charge is -2.18. The van der Waals surface area contributed by atoms with Crippen LogP contribution in [0.15, 0.2) is 18.3 Å². The molecule has 0 bridgehead atoms. The molecule has 1 rings (SSSR count). The van der Waals surface area contributed by atoms with Crippen molar-refractivity contribution in [3.63, 3.8) is 0 Å². The Hall–Kier alpha value is -1.10. The Morgan fingerprint density at radius 3 is 2.93 bits per heavy atom. The van der Waals surface area contributed by atoms with E-state index in [2.05, 4.69) is 10.3 Å². The molecule has 0 unspecified atom stereocenters. The van der Waals surface area contributed by atoms with Gasteiger partial charge < -0.3 is 10.1 Å². The lowest BCUT2D eigenvalue weighted by atomic mass is 9.73. The summed E-state index contributed by atoms with van der Waals surface area (Å²) in [5.74, 6) is -0.208. The van der Waals surface area contributed by atoms with Gasteiger partial charge in [-0.2, -0.15) is 0 Å². The highest BCUT2D eigenvalue weighted by atomic mass is 19.1. The lowest BCUT2D eigenvalue weighted by molar-refractivity contribution is 0.131. The Labute approximate surface area is 90.5 Å². The first kappa shape index (κ1) is 12.0. The van der Waals surface area contributed by atoms with Gasteiger partial charge >= 0.3 is 0 Å². The van der Waals surface area contributed by atoms with Crippen molar-refractivity contribution in [1.29, 1.82) is 0 Å². The molecule has 5 heteroatoms. The summed E-state index contributed by atoms with van der Waals surface area (Å²) in [6.07, 6.45) is 1.51. The molecule has 0 aliphatic carbocycles. The first-order valence-electron chi connectivity index (χ1n) is 4.70. The lowest BCUT2D eigenvalue weighted by Crippen LogP contribution is -2.16. The zero-order valence-electron chi connectivity index (χ0n) is 8.96. The zero-order chi connectivity index (χ0) is 11.3. The SMILES string of the molecule is [B]C(C)(C)COCNc1ncccc1F. The molecule has 80 valence electrons. The van der Waals surface area contributed by atoms with Gasteiger partial charge in [-0.05, 0) is 17.4 Å². The third kappa shape index (κ3) is 4.79. The number of aromatic nitrogens is 1. The fraction of sp³-hybridized carbons (Fsp3) is 0.500.